The van der Waals surface area contributed by atoms with E-state index < -0.39 is 12.0 Å². The second kappa shape index (κ2) is 5.92. The molecule has 0 spiro atoms. The third-order valence-corrected chi connectivity index (χ3v) is 3.48. The summed E-state index contributed by atoms with van der Waals surface area (Å²) in [6.45, 7) is 4.13. The van der Waals surface area contributed by atoms with Crippen molar-refractivity contribution >= 4 is 17.7 Å². The number of benzene rings is 1. The summed E-state index contributed by atoms with van der Waals surface area (Å²) in [5, 5.41) is 8.63. The highest BCUT2D eigenvalue weighted by molar-refractivity contribution is 7.98. The SMILES string of the molecule is Cc1ccc(CSCC(N)C(=O)O)c(C)c1. The van der Waals surface area contributed by atoms with Gasteiger partial charge in [0.25, 0.3) is 0 Å². The molecule has 0 saturated heterocycles. The van der Waals surface area contributed by atoms with Crippen LogP contribution in [0.5, 0.6) is 0 Å². The summed E-state index contributed by atoms with van der Waals surface area (Å²) in [4.78, 5) is 10.5. The van der Waals surface area contributed by atoms with Crippen LogP contribution in [-0.4, -0.2) is 22.9 Å². The van der Waals surface area contributed by atoms with Crippen LogP contribution < -0.4 is 5.73 Å². The largest absolute Gasteiger partial charge is 0.480 e. The number of aliphatic carboxylic acids is 1. The Morgan fingerprint density at radius 2 is 2.19 bits per heavy atom. The van der Waals surface area contributed by atoms with Crippen LogP contribution in [0.2, 0.25) is 0 Å². The van der Waals surface area contributed by atoms with Crippen LogP contribution in [0.3, 0.4) is 0 Å². The minimum atomic E-state index is -0.937. The van der Waals surface area contributed by atoms with E-state index in [1.54, 1.807) is 11.8 Å². The van der Waals surface area contributed by atoms with Gasteiger partial charge in [0.05, 0.1) is 0 Å². The Morgan fingerprint density at radius 3 is 2.75 bits per heavy atom. The van der Waals surface area contributed by atoms with Gasteiger partial charge in [0.2, 0.25) is 0 Å². The molecule has 0 aliphatic heterocycles. The number of hydrogen-bond donors (Lipinski definition) is 2. The Hall–Kier alpha value is -1.00. The van der Waals surface area contributed by atoms with Gasteiger partial charge >= 0.3 is 5.97 Å². The van der Waals surface area contributed by atoms with Crippen LogP contribution in [0.1, 0.15) is 16.7 Å². The molecule has 0 aromatic heterocycles. The number of nitrogens with two attached hydrogens (primary N) is 1. The molecule has 3 nitrogen and oxygen atoms in total. The number of hydrogen-bond acceptors (Lipinski definition) is 3. The molecule has 0 aliphatic carbocycles. The molecule has 0 saturated carbocycles. The number of carboxylic acids is 1. The zero-order valence-electron chi connectivity index (χ0n) is 9.56. The van der Waals surface area contributed by atoms with Crippen molar-refractivity contribution in [2.24, 2.45) is 5.73 Å². The van der Waals surface area contributed by atoms with Gasteiger partial charge in [0.1, 0.15) is 6.04 Å². The van der Waals surface area contributed by atoms with Gasteiger partial charge in [-0.25, -0.2) is 0 Å². The Morgan fingerprint density at radius 1 is 1.50 bits per heavy atom. The summed E-state index contributed by atoms with van der Waals surface area (Å²) >= 11 is 1.56. The van der Waals surface area contributed by atoms with E-state index in [1.807, 2.05) is 0 Å². The maximum absolute atomic E-state index is 10.5. The zero-order chi connectivity index (χ0) is 12.1. The number of carbonyl (C=O) groups is 1. The number of rotatable bonds is 5. The van der Waals surface area contributed by atoms with Gasteiger partial charge < -0.3 is 10.8 Å². The van der Waals surface area contributed by atoms with Gasteiger partial charge in [-0.15, -0.1) is 0 Å². The summed E-state index contributed by atoms with van der Waals surface area (Å²) in [6, 6.07) is 5.52. The van der Waals surface area contributed by atoms with E-state index in [-0.39, 0.29) is 0 Å². The first-order valence-corrected chi connectivity index (χ1v) is 6.28. The first kappa shape index (κ1) is 13.1. The maximum Gasteiger partial charge on any atom is 0.321 e. The lowest BCUT2D eigenvalue weighted by atomic mass is 10.1. The van der Waals surface area contributed by atoms with Crippen LogP contribution in [-0.2, 0) is 10.5 Å². The topological polar surface area (TPSA) is 63.3 Å². The fourth-order valence-electron chi connectivity index (χ4n) is 1.37. The Balaban J connectivity index is 2.46. The molecule has 0 bridgehead atoms. The van der Waals surface area contributed by atoms with Gasteiger partial charge in [-0.1, -0.05) is 23.8 Å². The predicted molar refractivity (Wildman–Crippen MR) is 67.7 cm³/mol. The highest BCUT2D eigenvalue weighted by Crippen LogP contribution is 2.17. The average Bonchev–Trinajstić information content (AvgIpc) is 2.20. The quantitative estimate of drug-likeness (QED) is 0.824. The summed E-state index contributed by atoms with van der Waals surface area (Å²) in [7, 11) is 0. The molecule has 1 rings (SSSR count). The fraction of sp³-hybridized carbons (Fsp3) is 0.417. The van der Waals surface area contributed by atoms with E-state index in [2.05, 4.69) is 32.0 Å². The molecule has 16 heavy (non-hydrogen) atoms. The lowest BCUT2D eigenvalue weighted by Gasteiger charge is -2.08. The Kier molecular flexibility index (Phi) is 4.83. The molecule has 0 heterocycles. The Labute approximate surface area is 100 Å². The van der Waals surface area contributed by atoms with E-state index in [9.17, 15) is 4.79 Å². The smallest absolute Gasteiger partial charge is 0.321 e. The molecular formula is C12H17NO2S. The third kappa shape index (κ3) is 3.87. The first-order chi connectivity index (χ1) is 7.50. The fourth-order valence-corrected chi connectivity index (χ4v) is 2.43. The van der Waals surface area contributed by atoms with Gasteiger partial charge in [0.15, 0.2) is 0 Å². The number of aryl methyl sites for hydroxylation is 2. The predicted octanol–water partition coefficient (Wildman–Crippen LogP) is 1.95. The highest BCUT2D eigenvalue weighted by atomic mass is 32.2. The minimum Gasteiger partial charge on any atom is -0.480 e. The lowest BCUT2D eigenvalue weighted by Crippen LogP contribution is -2.32. The molecule has 1 unspecified atom stereocenters. The van der Waals surface area contributed by atoms with Crippen molar-refractivity contribution in [1.82, 2.24) is 0 Å². The van der Waals surface area contributed by atoms with Crippen molar-refractivity contribution in [1.29, 1.82) is 0 Å². The van der Waals surface area contributed by atoms with Crippen LogP contribution in [0.4, 0.5) is 0 Å². The molecule has 1 aromatic rings. The van der Waals surface area contributed by atoms with E-state index >= 15 is 0 Å². The molecule has 0 fully saturated rings. The molecule has 1 aromatic carbocycles. The number of carboxylic acid groups (broad SMARTS) is 1. The van der Waals surface area contributed by atoms with Crippen LogP contribution in [0, 0.1) is 13.8 Å². The van der Waals surface area contributed by atoms with E-state index in [4.69, 9.17) is 10.8 Å². The van der Waals surface area contributed by atoms with Crippen LogP contribution in [0.25, 0.3) is 0 Å². The zero-order valence-corrected chi connectivity index (χ0v) is 10.4. The number of thioether (sulfide) groups is 1. The molecule has 0 amide bonds. The lowest BCUT2D eigenvalue weighted by molar-refractivity contribution is -0.137. The molecule has 88 valence electrons. The summed E-state index contributed by atoms with van der Waals surface area (Å²) in [5.74, 6) is 0.323. The molecule has 3 N–H and O–H groups in total. The molecule has 0 radical (unpaired) electrons. The van der Waals surface area contributed by atoms with Crippen molar-refractivity contribution < 1.29 is 9.90 Å². The van der Waals surface area contributed by atoms with Gasteiger partial charge in [-0.05, 0) is 25.0 Å². The summed E-state index contributed by atoms with van der Waals surface area (Å²) in [5.41, 5.74) is 9.16. The van der Waals surface area contributed by atoms with Crippen LogP contribution >= 0.6 is 11.8 Å². The van der Waals surface area contributed by atoms with Crippen molar-refractivity contribution in [3.05, 3.63) is 34.9 Å². The molecule has 1 atom stereocenters. The normalized spacial score (nSPS) is 12.4. The van der Waals surface area contributed by atoms with Gasteiger partial charge in [-0.2, -0.15) is 11.8 Å². The molecule has 0 aliphatic rings. The maximum atomic E-state index is 10.5. The van der Waals surface area contributed by atoms with Crippen LogP contribution in [0.15, 0.2) is 18.2 Å². The van der Waals surface area contributed by atoms with E-state index in [0.29, 0.717) is 5.75 Å². The first-order valence-electron chi connectivity index (χ1n) is 5.13. The second-order valence-electron chi connectivity index (χ2n) is 3.89. The van der Waals surface area contributed by atoms with Crippen molar-refractivity contribution in [3.63, 3.8) is 0 Å². The molecule has 4 heteroatoms. The monoisotopic (exact) mass is 239 g/mol. The van der Waals surface area contributed by atoms with E-state index in [1.165, 1.54) is 16.7 Å². The van der Waals surface area contributed by atoms with Gasteiger partial charge in [-0.3, -0.25) is 4.79 Å². The Bertz CT molecular complexity index is 379. The standard InChI is InChI=1S/C12H17NO2S/c1-8-3-4-10(9(2)5-8)6-16-7-11(13)12(14)15/h3-5,11H,6-7,13H2,1-2H3,(H,14,15). The minimum absolute atomic E-state index is 0.447. The molecular weight excluding hydrogens is 222 g/mol. The van der Waals surface area contributed by atoms with Crippen molar-refractivity contribution in [2.75, 3.05) is 5.75 Å². The summed E-state index contributed by atoms with van der Waals surface area (Å²) < 4.78 is 0. The average molecular weight is 239 g/mol. The van der Waals surface area contributed by atoms with Crippen molar-refractivity contribution in [2.45, 2.75) is 25.6 Å². The van der Waals surface area contributed by atoms with Crippen molar-refractivity contribution in [3.8, 4) is 0 Å². The summed E-state index contributed by atoms with van der Waals surface area (Å²) in [6.07, 6.45) is 0. The third-order valence-electron chi connectivity index (χ3n) is 2.37. The second-order valence-corrected chi connectivity index (χ2v) is 4.92. The van der Waals surface area contributed by atoms with E-state index in [0.717, 1.165) is 5.75 Å². The highest BCUT2D eigenvalue weighted by Gasteiger charge is 2.11. The van der Waals surface area contributed by atoms with Gasteiger partial charge in [0, 0.05) is 11.5 Å².